The Morgan fingerprint density at radius 3 is 2.53 bits per heavy atom. The summed E-state index contributed by atoms with van der Waals surface area (Å²) in [7, 11) is 0. The number of carboxylic acids is 1. The predicted octanol–water partition coefficient (Wildman–Crippen LogP) is 2.00. The normalized spacial score (nSPS) is 25.4. The Kier molecular flexibility index (Phi) is 2.67. The molecule has 1 atom stereocenters. The van der Waals surface area contributed by atoms with E-state index in [2.05, 4.69) is 5.32 Å². The lowest BCUT2D eigenvalue weighted by atomic mass is 9.88. The van der Waals surface area contributed by atoms with Gasteiger partial charge in [0, 0.05) is 5.02 Å². The minimum atomic E-state index is -0.912. The Hall–Kier alpha value is -1.06. The number of nitrogens with one attached hydrogen (secondary N) is 1. The fourth-order valence-electron chi connectivity index (χ4n) is 2.03. The molecule has 80 valence electrons. The van der Waals surface area contributed by atoms with Gasteiger partial charge in [0.15, 0.2) is 0 Å². The molecule has 2 rings (SSSR count). The Morgan fingerprint density at radius 1 is 1.40 bits per heavy atom. The molecular weight excluding hydrogens is 214 g/mol. The third-order valence-corrected chi connectivity index (χ3v) is 3.11. The Bertz CT molecular complexity index is 369. The SMILES string of the molecule is O=C(O)C1(c2ccc(Cl)cc2)CCCN1. The lowest BCUT2D eigenvalue weighted by molar-refractivity contribution is -0.144. The summed E-state index contributed by atoms with van der Waals surface area (Å²) in [6, 6.07) is 6.99. The molecular formula is C11H12ClNO2. The maximum absolute atomic E-state index is 11.3. The van der Waals surface area contributed by atoms with Crippen molar-refractivity contribution in [2.75, 3.05) is 6.54 Å². The van der Waals surface area contributed by atoms with Crippen LogP contribution in [-0.2, 0) is 10.3 Å². The van der Waals surface area contributed by atoms with E-state index in [1.54, 1.807) is 24.3 Å². The number of benzene rings is 1. The van der Waals surface area contributed by atoms with Crippen LogP contribution in [0.1, 0.15) is 18.4 Å². The fourth-order valence-corrected chi connectivity index (χ4v) is 2.16. The monoisotopic (exact) mass is 225 g/mol. The van der Waals surface area contributed by atoms with Crippen molar-refractivity contribution in [3.8, 4) is 0 Å². The summed E-state index contributed by atoms with van der Waals surface area (Å²) in [5, 5.41) is 13.0. The Labute approximate surface area is 93.1 Å². The van der Waals surface area contributed by atoms with E-state index in [0.29, 0.717) is 11.4 Å². The highest BCUT2D eigenvalue weighted by atomic mass is 35.5. The van der Waals surface area contributed by atoms with E-state index in [1.807, 2.05) is 0 Å². The highest BCUT2D eigenvalue weighted by Gasteiger charge is 2.42. The second kappa shape index (κ2) is 3.83. The zero-order valence-corrected chi connectivity index (χ0v) is 8.92. The molecule has 1 aromatic rings. The average molecular weight is 226 g/mol. The highest BCUT2D eigenvalue weighted by Crippen LogP contribution is 2.31. The molecule has 4 heteroatoms. The molecule has 1 aliphatic rings. The number of carboxylic acid groups (broad SMARTS) is 1. The summed E-state index contributed by atoms with van der Waals surface area (Å²) >= 11 is 5.78. The van der Waals surface area contributed by atoms with E-state index in [1.165, 1.54) is 0 Å². The number of rotatable bonds is 2. The molecule has 0 aliphatic carbocycles. The van der Waals surface area contributed by atoms with Gasteiger partial charge in [0.05, 0.1) is 0 Å². The van der Waals surface area contributed by atoms with Crippen LogP contribution in [0.25, 0.3) is 0 Å². The number of hydrogen-bond acceptors (Lipinski definition) is 2. The zero-order valence-electron chi connectivity index (χ0n) is 8.16. The van der Waals surface area contributed by atoms with Crippen LogP contribution in [0.2, 0.25) is 5.02 Å². The van der Waals surface area contributed by atoms with Crippen molar-refractivity contribution in [2.45, 2.75) is 18.4 Å². The van der Waals surface area contributed by atoms with Crippen LogP contribution in [-0.4, -0.2) is 17.6 Å². The van der Waals surface area contributed by atoms with Gasteiger partial charge >= 0.3 is 5.97 Å². The summed E-state index contributed by atoms with van der Waals surface area (Å²) in [5.74, 6) is -0.817. The molecule has 1 fully saturated rings. The third kappa shape index (κ3) is 1.73. The standard InChI is InChI=1S/C11H12ClNO2/c12-9-4-2-8(3-5-9)11(10(14)15)6-1-7-13-11/h2-5,13H,1,6-7H2,(H,14,15). The van der Waals surface area contributed by atoms with E-state index in [-0.39, 0.29) is 0 Å². The lowest BCUT2D eigenvalue weighted by Gasteiger charge is -2.24. The molecule has 1 unspecified atom stereocenters. The Morgan fingerprint density at radius 2 is 2.07 bits per heavy atom. The molecule has 0 saturated carbocycles. The first-order valence-electron chi connectivity index (χ1n) is 4.90. The predicted molar refractivity (Wildman–Crippen MR) is 58.0 cm³/mol. The molecule has 1 heterocycles. The summed E-state index contributed by atoms with van der Waals surface area (Å²) in [4.78, 5) is 11.3. The van der Waals surface area contributed by atoms with E-state index < -0.39 is 11.5 Å². The van der Waals surface area contributed by atoms with E-state index in [9.17, 15) is 9.90 Å². The second-order valence-corrected chi connectivity index (χ2v) is 4.18. The molecule has 15 heavy (non-hydrogen) atoms. The van der Waals surface area contributed by atoms with E-state index in [4.69, 9.17) is 11.6 Å². The van der Waals surface area contributed by atoms with Crippen molar-refractivity contribution < 1.29 is 9.90 Å². The first kappa shape index (κ1) is 10.5. The topological polar surface area (TPSA) is 49.3 Å². The van der Waals surface area contributed by atoms with Crippen molar-refractivity contribution in [2.24, 2.45) is 0 Å². The molecule has 0 aromatic heterocycles. The number of halogens is 1. The van der Waals surface area contributed by atoms with Gasteiger partial charge in [0.2, 0.25) is 0 Å². The minimum Gasteiger partial charge on any atom is -0.480 e. The largest absolute Gasteiger partial charge is 0.480 e. The van der Waals surface area contributed by atoms with Gasteiger partial charge in [0.25, 0.3) is 0 Å². The number of carbonyl (C=O) groups is 1. The summed E-state index contributed by atoms with van der Waals surface area (Å²) < 4.78 is 0. The van der Waals surface area contributed by atoms with Crippen LogP contribution >= 0.6 is 11.6 Å². The molecule has 1 aliphatic heterocycles. The van der Waals surface area contributed by atoms with Crippen molar-refractivity contribution >= 4 is 17.6 Å². The Balaban J connectivity index is 2.41. The molecule has 3 nitrogen and oxygen atoms in total. The van der Waals surface area contributed by atoms with Crippen molar-refractivity contribution in [3.05, 3.63) is 34.9 Å². The number of aliphatic carboxylic acids is 1. The molecule has 2 N–H and O–H groups in total. The summed E-state index contributed by atoms with van der Waals surface area (Å²) in [5.41, 5.74) is -0.137. The average Bonchev–Trinajstić information content (AvgIpc) is 2.69. The van der Waals surface area contributed by atoms with E-state index >= 15 is 0 Å². The summed E-state index contributed by atoms with van der Waals surface area (Å²) in [6.07, 6.45) is 1.51. The molecule has 0 spiro atoms. The van der Waals surface area contributed by atoms with Crippen LogP contribution in [0.5, 0.6) is 0 Å². The van der Waals surface area contributed by atoms with Crippen LogP contribution in [0, 0.1) is 0 Å². The van der Waals surface area contributed by atoms with Crippen molar-refractivity contribution in [1.82, 2.24) is 5.32 Å². The zero-order chi connectivity index (χ0) is 10.9. The maximum Gasteiger partial charge on any atom is 0.328 e. The van der Waals surface area contributed by atoms with Crippen molar-refractivity contribution in [1.29, 1.82) is 0 Å². The number of hydrogen-bond donors (Lipinski definition) is 2. The fraction of sp³-hybridized carbons (Fsp3) is 0.364. The van der Waals surface area contributed by atoms with Gasteiger partial charge in [-0.25, -0.2) is 4.79 Å². The molecule has 0 radical (unpaired) electrons. The molecule has 0 bridgehead atoms. The molecule has 1 saturated heterocycles. The van der Waals surface area contributed by atoms with Crippen LogP contribution in [0.15, 0.2) is 24.3 Å². The minimum absolute atomic E-state index is 0.622. The van der Waals surface area contributed by atoms with Gasteiger partial charge in [-0.1, -0.05) is 23.7 Å². The van der Waals surface area contributed by atoms with Gasteiger partial charge in [-0.05, 0) is 37.1 Å². The highest BCUT2D eigenvalue weighted by molar-refractivity contribution is 6.30. The second-order valence-electron chi connectivity index (χ2n) is 3.75. The smallest absolute Gasteiger partial charge is 0.328 e. The third-order valence-electron chi connectivity index (χ3n) is 2.86. The maximum atomic E-state index is 11.3. The van der Waals surface area contributed by atoms with Gasteiger partial charge in [-0.2, -0.15) is 0 Å². The van der Waals surface area contributed by atoms with Gasteiger partial charge in [-0.3, -0.25) is 5.32 Å². The van der Waals surface area contributed by atoms with Gasteiger partial charge in [0.1, 0.15) is 5.54 Å². The van der Waals surface area contributed by atoms with Crippen LogP contribution < -0.4 is 5.32 Å². The lowest BCUT2D eigenvalue weighted by Crippen LogP contribution is -2.44. The van der Waals surface area contributed by atoms with E-state index in [0.717, 1.165) is 18.5 Å². The van der Waals surface area contributed by atoms with Gasteiger partial charge in [-0.15, -0.1) is 0 Å². The molecule has 0 amide bonds. The quantitative estimate of drug-likeness (QED) is 0.810. The first-order valence-corrected chi connectivity index (χ1v) is 5.27. The first-order chi connectivity index (χ1) is 7.15. The van der Waals surface area contributed by atoms with Gasteiger partial charge < -0.3 is 5.11 Å². The van der Waals surface area contributed by atoms with Crippen LogP contribution in [0.3, 0.4) is 0 Å². The van der Waals surface area contributed by atoms with Crippen molar-refractivity contribution in [3.63, 3.8) is 0 Å². The summed E-state index contributed by atoms with van der Waals surface area (Å²) in [6.45, 7) is 0.745. The molecule has 1 aromatic carbocycles. The van der Waals surface area contributed by atoms with Crippen LogP contribution in [0.4, 0.5) is 0 Å².